The number of carbonyl (C=O) groups excluding carboxylic acids is 1. The number of aryl methyl sites for hydroxylation is 1. The van der Waals surface area contributed by atoms with E-state index in [1.807, 2.05) is 0 Å². The molecule has 0 unspecified atom stereocenters. The fraction of sp³-hybridized carbons (Fsp3) is 0.167. The van der Waals surface area contributed by atoms with Gasteiger partial charge in [0.1, 0.15) is 23.0 Å². The number of halogens is 2. The Labute approximate surface area is 102 Å². The number of amides is 1. The molecule has 1 heterocycles. The van der Waals surface area contributed by atoms with Gasteiger partial charge in [0.15, 0.2) is 0 Å². The third-order valence-electron chi connectivity index (χ3n) is 2.48. The molecule has 0 aliphatic rings. The molecule has 2 N–H and O–H groups in total. The largest absolute Gasteiger partial charge is 0.347 e. The minimum absolute atomic E-state index is 0.0820. The summed E-state index contributed by atoms with van der Waals surface area (Å²) in [5, 5.41) is 2.40. The third-order valence-corrected chi connectivity index (χ3v) is 2.48. The van der Waals surface area contributed by atoms with Gasteiger partial charge in [-0.15, -0.1) is 0 Å². The zero-order chi connectivity index (χ0) is 13.1. The third kappa shape index (κ3) is 2.37. The van der Waals surface area contributed by atoms with Crippen LogP contribution >= 0.6 is 0 Å². The summed E-state index contributed by atoms with van der Waals surface area (Å²) in [6.07, 6.45) is 3.12. The lowest BCUT2D eigenvalue weighted by Crippen LogP contribution is -2.25. The van der Waals surface area contributed by atoms with Crippen molar-refractivity contribution in [1.29, 1.82) is 0 Å². The fourth-order valence-electron chi connectivity index (χ4n) is 1.51. The molecule has 2 aromatic rings. The molecule has 0 saturated carbocycles. The summed E-state index contributed by atoms with van der Waals surface area (Å²) >= 11 is 0. The van der Waals surface area contributed by atoms with Crippen molar-refractivity contribution in [3.05, 3.63) is 53.1 Å². The first-order valence-electron chi connectivity index (χ1n) is 5.30. The van der Waals surface area contributed by atoms with E-state index in [0.29, 0.717) is 5.82 Å². The Kier molecular flexibility index (Phi) is 3.36. The van der Waals surface area contributed by atoms with Crippen molar-refractivity contribution in [1.82, 2.24) is 15.3 Å². The van der Waals surface area contributed by atoms with Crippen LogP contribution < -0.4 is 5.32 Å². The number of hydrogen-bond acceptors (Lipinski definition) is 2. The highest BCUT2D eigenvalue weighted by Gasteiger charge is 2.18. The van der Waals surface area contributed by atoms with Crippen molar-refractivity contribution >= 4 is 5.91 Å². The quantitative estimate of drug-likeness (QED) is 0.875. The van der Waals surface area contributed by atoms with E-state index >= 15 is 0 Å². The van der Waals surface area contributed by atoms with E-state index in [1.54, 1.807) is 6.20 Å². The molecule has 1 aromatic carbocycles. The fourth-order valence-corrected chi connectivity index (χ4v) is 1.51. The molecule has 0 fully saturated rings. The molecule has 1 amide bonds. The van der Waals surface area contributed by atoms with Gasteiger partial charge in [0, 0.05) is 12.4 Å². The standard InChI is InChI=1S/C12H11F2N3O/c1-7-2-3-8(13)10(11(7)14)12(18)17-6-9-15-4-5-16-9/h2-5H,6H2,1H3,(H,15,16)(H,17,18). The second-order valence-electron chi connectivity index (χ2n) is 3.77. The van der Waals surface area contributed by atoms with Gasteiger partial charge in [0.05, 0.1) is 6.54 Å². The van der Waals surface area contributed by atoms with E-state index in [4.69, 9.17) is 0 Å². The minimum atomic E-state index is -0.880. The molecule has 4 nitrogen and oxygen atoms in total. The number of aromatic nitrogens is 2. The Morgan fingerprint density at radius 3 is 2.89 bits per heavy atom. The molecular formula is C12H11F2N3O. The lowest BCUT2D eigenvalue weighted by molar-refractivity contribution is 0.0941. The Bertz CT molecular complexity index is 567. The van der Waals surface area contributed by atoms with E-state index < -0.39 is 23.1 Å². The molecule has 6 heteroatoms. The molecule has 0 radical (unpaired) electrons. The predicted octanol–water partition coefficient (Wildman–Crippen LogP) is 1.93. The van der Waals surface area contributed by atoms with Crippen LogP contribution in [-0.2, 0) is 6.54 Å². The normalized spacial score (nSPS) is 10.4. The SMILES string of the molecule is Cc1ccc(F)c(C(=O)NCc2ncc[nH]2)c1F. The van der Waals surface area contributed by atoms with Crippen LogP contribution in [0.25, 0.3) is 0 Å². The zero-order valence-corrected chi connectivity index (χ0v) is 9.63. The number of carbonyl (C=O) groups is 1. The Balaban J connectivity index is 2.16. The molecule has 0 spiro atoms. The van der Waals surface area contributed by atoms with Crippen molar-refractivity contribution in [2.45, 2.75) is 13.5 Å². The molecule has 0 bridgehead atoms. The van der Waals surface area contributed by atoms with Gasteiger partial charge in [0.2, 0.25) is 0 Å². The highest BCUT2D eigenvalue weighted by molar-refractivity contribution is 5.94. The van der Waals surface area contributed by atoms with Crippen molar-refractivity contribution in [3.63, 3.8) is 0 Å². The molecule has 0 aliphatic heterocycles. The van der Waals surface area contributed by atoms with Crippen LogP contribution in [0.4, 0.5) is 8.78 Å². The first-order chi connectivity index (χ1) is 8.59. The van der Waals surface area contributed by atoms with Gasteiger partial charge in [-0.1, -0.05) is 6.07 Å². The summed E-state index contributed by atoms with van der Waals surface area (Å²) in [5.74, 6) is -2.01. The average Bonchev–Trinajstić information content (AvgIpc) is 2.85. The van der Waals surface area contributed by atoms with Crippen LogP contribution in [0.2, 0.25) is 0 Å². The summed E-state index contributed by atoms with van der Waals surface area (Å²) in [4.78, 5) is 18.4. The second-order valence-corrected chi connectivity index (χ2v) is 3.77. The van der Waals surface area contributed by atoms with Gasteiger partial charge in [-0.25, -0.2) is 13.8 Å². The predicted molar refractivity (Wildman–Crippen MR) is 60.9 cm³/mol. The monoisotopic (exact) mass is 251 g/mol. The molecule has 0 aliphatic carbocycles. The summed E-state index contributed by atoms with van der Waals surface area (Å²) in [5.41, 5.74) is -0.346. The minimum Gasteiger partial charge on any atom is -0.347 e. The number of H-pyrrole nitrogens is 1. The molecule has 94 valence electrons. The van der Waals surface area contributed by atoms with Crippen LogP contribution in [-0.4, -0.2) is 15.9 Å². The summed E-state index contributed by atoms with van der Waals surface area (Å²) in [6, 6.07) is 2.36. The van der Waals surface area contributed by atoms with Crippen molar-refractivity contribution in [3.8, 4) is 0 Å². The van der Waals surface area contributed by atoms with Gasteiger partial charge in [-0.05, 0) is 18.6 Å². The Morgan fingerprint density at radius 1 is 1.44 bits per heavy atom. The first-order valence-corrected chi connectivity index (χ1v) is 5.30. The van der Waals surface area contributed by atoms with Crippen LogP contribution in [0.15, 0.2) is 24.5 Å². The van der Waals surface area contributed by atoms with Crippen molar-refractivity contribution in [2.75, 3.05) is 0 Å². The van der Waals surface area contributed by atoms with Gasteiger partial charge in [-0.2, -0.15) is 0 Å². The number of benzene rings is 1. The van der Waals surface area contributed by atoms with Gasteiger partial charge in [-0.3, -0.25) is 4.79 Å². The molecule has 0 saturated heterocycles. The van der Waals surface area contributed by atoms with E-state index in [0.717, 1.165) is 6.07 Å². The van der Waals surface area contributed by atoms with E-state index in [1.165, 1.54) is 19.2 Å². The van der Waals surface area contributed by atoms with Crippen LogP contribution in [0.3, 0.4) is 0 Å². The average molecular weight is 251 g/mol. The highest BCUT2D eigenvalue weighted by Crippen LogP contribution is 2.16. The number of imidazole rings is 1. The number of nitrogens with zero attached hydrogens (tertiary/aromatic N) is 1. The van der Waals surface area contributed by atoms with E-state index in [9.17, 15) is 13.6 Å². The van der Waals surface area contributed by atoms with Crippen LogP contribution in [0.1, 0.15) is 21.7 Å². The topological polar surface area (TPSA) is 57.8 Å². The highest BCUT2D eigenvalue weighted by atomic mass is 19.1. The molecule has 1 aromatic heterocycles. The smallest absolute Gasteiger partial charge is 0.257 e. The Hall–Kier alpha value is -2.24. The summed E-state index contributed by atoms with van der Waals surface area (Å²) in [7, 11) is 0. The number of rotatable bonds is 3. The number of hydrogen-bond donors (Lipinski definition) is 2. The van der Waals surface area contributed by atoms with E-state index in [-0.39, 0.29) is 12.1 Å². The maximum absolute atomic E-state index is 13.7. The molecular weight excluding hydrogens is 240 g/mol. The number of nitrogens with one attached hydrogen (secondary N) is 2. The van der Waals surface area contributed by atoms with Gasteiger partial charge in [0.25, 0.3) is 5.91 Å². The molecule has 2 rings (SSSR count). The first kappa shape index (κ1) is 12.2. The Morgan fingerprint density at radius 2 is 2.22 bits per heavy atom. The maximum Gasteiger partial charge on any atom is 0.257 e. The van der Waals surface area contributed by atoms with Gasteiger partial charge >= 0.3 is 0 Å². The second kappa shape index (κ2) is 4.95. The lowest BCUT2D eigenvalue weighted by Gasteiger charge is -2.07. The van der Waals surface area contributed by atoms with Gasteiger partial charge < -0.3 is 10.3 Å². The lowest BCUT2D eigenvalue weighted by atomic mass is 10.1. The molecule has 0 atom stereocenters. The molecule has 18 heavy (non-hydrogen) atoms. The van der Waals surface area contributed by atoms with E-state index in [2.05, 4.69) is 15.3 Å². The number of aromatic amines is 1. The van der Waals surface area contributed by atoms with Crippen molar-refractivity contribution in [2.24, 2.45) is 0 Å². The maximum atomic E-state index is 13.7. The van der Waals surface area contributed by atoms with Crippen molar-refractivity contribution < 1.29 is 13.6 Å². The summed E-state index contributed by atoms with van der Waals surface area (Å²) < 4.78 is 27.1. The van der Waals surface area contributed by atoms with Crippen LogP contribution in [0.5, 0.6) is 0 Å². The zero-order valence-electron chi connectivity index (χ0n) is 9.63. The van der Waals surface area contributed by atoms with Crippen LogP contribution in [0, 0.1) is 18.6 Å². The summed E-state index contributed by atoms with van der Waals surface area (Å²) in [6.45, 7) is 1.55.